The fourth-order valence-corrected chi connectivity index (χ4v) is 5.34. The Labute approximate surface area is 119 Å². The first-order valence-electron chi connectivity index (χ1n) is 6.94. The van der Waals surface area contributed by atoms with Crippen LogP contribution in [0.25, 0.3) is 0 Å². The normalized spacial score (nSPS) is 18.5. The van der Waals surface area contributed by atoms with E-state index in [0.29, 0.717) is 16.0 Å². The van der Waals surface area contributed by atoms with Crippen LogP contribution in [0.15, 0.2) is 0 Å². The molecule has 0 saturated carbocycles. The highest BCUT2D eigenvalue weighted by atomic mass is 31.1. The number of hydrogen-bond donors (Lipinski definition) is 0. The molecule has 0 aliphatic carbocycles. The molecule has 0 bridgehead atoms. The summed E-state index contributed by atoms with van der Waals surface area (Å²) in [6.45, 7) is 19.3. The maximum Gasteiger partial charge on any atom is 0.0513 e. The van der Waals surface area contributed by atoms with Gasteiger partial charge in [0.1, 0.15) is 0 Å². The van der Waals surface area contributed by atoms with Crippen LogP contribution in [-0.4, -0.2) is 24.6 Å². The van der Waals surface area contributed by atoms with E-state index in [4.69, 9.17) is 4.52 Å². The lowest BCUT2D eigenvalue weighted by atomic mass is 9.86. The smallest absolute Gasteiger partial charge is 0.0513 e. The van der Waals surface area contributed by atoms with Gasteiger partial charge in [0.05, 0.1) is 6.61 Å². The van der Waals surface area contributed by atoms with Gasteiger partial charge in [-0.15, -0.1) is 9.24 Å². The molecule has 0 fully saturated rings. The van der Waals surface area contributed by atoms with Crippen molar-refractivity contribution in [1.29, 1.82) is 0 Å². The Balaban J connectivity index is 4.03. The summed E-state index contributed by atoms with van der Waals surface area (Å²) in [4.78, 5) is 0. The molecule has 0 aliphatic rings. The Bertz CT molecular complexity index is 236. The summed E-state index contributed by atoms with van der Waals surface area (Å²) in [6.07, 6.45) is 3.54. The molecule has 0 amide bonds. The van der Waals surface area contributed by atoms with E-state index in [-0.39, 0.29) is 8.15 Å². The van der Waals surface area contributed by atoms with Crippen molar-refractivity contribution in [2.45, 2.75) is 66.5 Å². The molecular weight excluding hydrogens is 258 g/mol. The third kappa shape index (κ3) is 11.9. The van der Waals surface area contributed by atoms with Crippen molar-refractivity contribution < 1.29 is 4.52 Å². The van der Waals surface area contributed by atoms with Gasteiger partial charge in [-0.1, -0.05) is 48.5 Å². The van der Waals surface area contributed by atoms with Gasteiger partial charge in [0.15, 0.2) is 0 Å². The van der Waals surface area contributed by atoms with Crippen molar-refractivity contribution in [3.63, 3.8) is 0 Å². The summed E-state index contributed by atoms with van der Waals surface area (Å²) in [7, 11) is 2.75. The molecular formula is C15H34OP2. The molecule has 18 heavy (non-hydrogen) atoms. The van der Waals surface area contributed by atoms with Crippen LogP contribution >= 0.6 is 17.4 Å². The van der Waals surface area contributed by atoms with Gasteiger partial charge in [-0.2, -0.15) is 0 Å². The lowest BCUT2D eigenvalue weighted by Crippen LogP contribution is -2.27. The Morgan fingerprint density at radius 3 is 1.83 bits per heavy atom. The Morgan fingerprint density at radius 2 is 1.44 bits per heavy atom. The zero-order valence-corrected chi connectivity index (χ0v) is 15.8. The highest BCUT2D eigenvalue weighted by Crippen LogP contribution is 2.44. The molecule has 3 atom stereocenters. The van der Waals surface area contributed by atoms with Crippen LogP contribution < -0.4 is 0 Å². The van der Waals surface area contributed by atoms with E-state index in [1.165, 1.54) is 12.6 Å². The summed E-state index contributed by atoms with van der Waals surface area (Å²) in [5.74, 6) is 0. The van der Waals surface area contributed by atoms with E-state index < -0.39 is 0 Å². The molecule has 3 unspecified atom stereocenters. The monoisotopic (exact) mass is 292 g/mol. The summed E-state index contributed by atoms with van der Waals surface area (Å²) >= 11 is 0. The van der Waals surface area contributed by atoms with Gasteiger partial charge in [0, 0.05) is 14.3 Å². The molecule has 0 aromatic heterocycles. The molecule has 0 N–H and O–H groups in total. The van der Waals surface area contributed by atoms with E-state index >= 15 is 0 Å². The number of hydrogen-bond acceptors (Lipinski definition) is 1. The fraction of sp³-hybridized carbons (Fsp3) is 1.00. The van der Waals surface area contributed by atoms with Gasteiger partial charge in [0.2, 0.25) is 0 Å². The molecule has 0 aliphatic heterocycles. The first-order valence-corrected chi connectivity index (χ1v) is 9.41. The molecule has 1 nitrogen and oxygen atoms in total. The molecule has 0 radical (unpaired) electrons. The predicted molar refractivity (Wildman–Crippen MR) is 89.9 cm³/mol. The van der Waals surface area contributed by atoms with Gasteiger partial charge < -0.3 is 4.52 Å². The van der Waals surface area contributed by atoms with E-state index in [9.17, 15) is 0 Å². The molecule has 0 aromatic rings. The van der Waals surface area contributed by atoms with Crippen LogP contribution in [0.5, 0.6) is 0 Å². The van der Waals surface area contributed by atoms with Crippen molar-refractivity contribution >= 4 is 17.4 Å². The second-order valence-electron chi connectivity index (χ2n) is 8.32. The molecule has 0 heterocycles. The van der Waals surface area contributed by atoms with Crippen LogP contribution in [0.3, 0.4) is 0 Å². The van der Waals surface area contributed by atoms with Crippen molar-refractivity contribution in [2.75, 3.05) is 19.4 Å². The third-order valence-corrected chi connectivity index (χ3v) is 5.22. The summed E-state index contributed by atoms with van der Waals surface area (Å²) in [5, 5.41) is 0.306. The van der Waals surface area contributed by atoms with Gasteiger partial charge in [0.25, 0.3) is 0 Å². The zero-order valence-electron chi connectivity index (χ0n) is 13.8. The van der Waals surface area contributed by atoms with Crippen molar-refractivity contribution in [3.8, 4) is 0 Å². The Morgan fingerprint density at radius 1 is 0.944 bits per heavy atom. The zero-order chi connectivity index (χ0) is 14.6. The van der Waals surface area contributed by atoms with Gasteiger partial charge in [-0.3, -0.25) is 0 Å². The third-order valence-electron chi connectivity index (χ3n) is 2.68. The van der Waals surface area contributed by atoms with E-state index in [2.05, 4.69) is 64.4 Å². The second-order valence-corrected chi connectivity index (χ2v) is 11.5. The van der Waals surface area contributed by atoms with Crippen molar-refractivity contribution in [1.82, 2.24) is 0 Å². The van der Waals surface area contributed by atoms with Crippen LogP contribution in [0.4, 0.5) is 0 Å². The van der Waals surface area contributed by atoms with Crippen LogP contribution in [0.2, 0.25) is 0 Å². The standard InChI is InChI=1S/C15H34OP2/c1-13(2,3)9-10-16-18(8)12-15(7,17)11-14(4,5)6/h9-12,17H2,1-8H3. The topological polar surface area (TPSA) is 9.23 Å². The summed E-state index contributed by atoms with van der Waals surface area (Å²) in [5.41, 5.74) is 0.768. The molecule has 0 saturated heterocycles. The minimum atomic E-state index is -0.295. The van der Waals surface area contributed by atoms with Gasteiger partial charge in [-0.25, -0.2) is 0 Å². The van der Waals surface area contributed by atoms with Crippen molar-refractivity contribution in [3.05, 3.63) is 0 Å². The Kier molecular flexibility index (Phi) is 7.33. The van der Waals surface area contributed by atoms with E-state index in [0.717, 1.165) is 13.0 Å². The lowest BCUT2D eigenvalue weighted by Gasteiger charge is -2.34. The van der Waals surface area contributed by atoms with Crippen LogP contribution in [0, 0.1) is 10.8 Å². The first kappa shape index (κ1) is 18.8. The molecule has 0 aromatic carbocycles. The summed E-state index contributed by atoms with van der Waals surface area (Å²) < 4.78 is 6.02. The largest absolute Gasteiger partial charge is 0.359 e. The molecule has 3 heteroatoms. The average molecular weight is 292 g/mol. The average Bonchev–Trinajstić information content (AvgIpc) is 1.93. The maximum atomic E-state index is 6.02. The Hall–Kier alpha value is 0.820. The molecule has 110 valence electrons. The minimum absolute atomic E-state index is 0.295. The minimum Gasteiger partial charge on any atom is -0.359 e. The van der Waals surface area contributed by atoms with E-state index in [1.54, 1.807) is 0 Å². The van der Waals surface area contributed by atoms with Gasteiger partial charge in [-0.05, 0) is 35.5 Å². The fourth-order valence-electron chi connectivity index (χ4n) is 2.33. The lowest BCUT2D eigenvalue weighted by molar-refractivity contribution is 0.259. The molecule has 0 rings (SSSR count). The SMILES string of the molecule is CP(CC(C)(P)CC(C)(C)C)OCCC(C)(C)C. The second kappa shape index (κ2) is 7.01. The van der Waals surface area contributed by atoms with Crippen LogP contribution in [0.1, 0.15) is 61.3 Å². The highest BCUT2D eigenvalue weighted by Gasteiger charge is 2.28. The predicted octanol–water partition coefficient (Wildman–Crippen LogP) is 5.54. The number of rotatable bonds is 6. The molecule has 0 spiro atoms. The first-order chi connectivity index (χ1) is 7.81. The van der Waals surface area contributed by atoms with E-state index in [1.807, 2.05) is 0 Å². The van der Waals surface area contributed by atoms with Crippen LogP contribution in [-0.2, 0) is 4.52 Å². The summed E-state index contributed by atoms with van der Waals surface area (Å²) in [6, 6.07) is 0. The maximum absolute atomic E-state index is 6.02. The quantitative estimate of drug-likeness (QED) is 0.584. The highest BCUT2D eigenvalue weighted by molar-refractivity contribution is 7.52. The van der Waals surface area contributed by atoms with Gasteiger partial charge >= 0.3 is 0 Å². The van der Waals surface area contributed by atoms with Crippen molar-refractivity contribution in [2.24, 2.45) is 10.8 Å².